The molecule has 0 radical (unpaired) electrons. The van der Waals surface area contributed by atoms with Gasteiger partial charge >= 0.3 is 0 Å². The van der Waals surface area contributed by atoms with Crippen molar-refractivity contribution in [3.05, 3.63) is 206 Å². The lowest BCUT2D eigenvalue weighted by Gasteiger charge is -2.43. The third-order valence-electron chi connectivity index (χ3n) is 11.7. The van der Waals surface area contributed by atoms with E-state index in [0.29, 0.717) is 34.9 Å². The van der Waals surface area contributed by atoms with Crippen molar-refractivity contribution in [1.29, 1.82) is 0 Å². The summed E-state index contributed by atoms with van der Waals surface area (Å²) in [6.07, 6.45) is 0. The normalized spacial score (nSPS) is 12.8. The molecule has 8 nitrogen and oxygen atoms in total. The second-order valence-corrected chi connectivity index (χ2v) is 19.1. The Morgan fingerprint density at radius 3 is 0.841 bits per heavy atom. The van der Waals surface area contributed by atoms with E-state index in [2.05, 4.69) is 72.8 Å². The van der Waals surface area contributed by atoms with E-state index in [4.69, 9.17) is 39.4 Å². The minimum Gasteiger partial charge on any atom is -0.458 e. The second kappa shape index (κ2) is 14.9. The van der Waals surface area contributed by atoms with Gasteiger partial charge in [-0.2, -0.15) is 0 Å². The third-order valence-corrected chi connectivity index (χ3v) is 16.5. The number of rotatable bonds is 6. The van der Waals surface area contributed by atoms with Gasteiger partial charge in [0.1, 0.15) is 23.0 Å². The molecule has 0 saturated heterocycles. The lowest BCUT2D eigenvalue weighted by Crippen LogP contribution is -2.77. The van der Waals surface area contributed by atoms with Crippen molar-refractivity contribution in [1.82, 2.24) is 29.9 Å². The summed E-state index contributed by atoms with van der Waals surface area (Å²) in [5.41, 5.74) is 5.32. The Morgan fingerprint density at radius 1 is 0.238 bits per heavy atom. The van der Waals surface area contributed by atoms with Crippen molar-refractivity contribution in [2.45, 2.75) is 0 Å². The molecule has 12 rings (SSSR count). The molecule has 2 aliphatic rings. The molecule has 2 aliphatic heterocycles. The van der Waals surface area contributed by atoms with Crippen molar-refractivity contribution in [2.24, 2.45) is 0 Å². The maximum Gasteiger partial charge on any atom is 0.196 e. The molecule has 0 unspecified atom stereocenters. The van der Waals surface area contributed by atoms with Crippen LogP contribution in [0.4, 0.5) is 0 Å². The second-order valence-electron chi connectivity index (χ2n) is 15.4. The predicted octanol–water partition coefficient (Wildman–Crippen LogP) is 9.65. The minimum absolute atomic E-state index is 0.565. The summed E-state index contributed by atoms with van der Waals surface area (Å²) in [5.74, 6) is 6.69. The van der Waals surface area contributed by atoms with Crippen LogP contribution in [0.15, 0.2) is 206 Å². The number of ether oxygens (including phenoxy) is 2. The van der Waals surface area contributed by atoms with E-state index >= 15 is 0 Å². The van der Waals surface area contributed by atoms with Crippen LogP contribution >= 0.6 is 0 Å². The molecule has 0 bridgehead atoms. The van der Waals surface area contributed by atoms with Gasteiger partial charge < -0.3 is 9.47 Å². The fourth-order valence-electron chi connectivity index (χ4n) is 8.82. The molecule has 296 valence electrons. The molecule has 0 N–H and O–H groups in total. The largest absolute Gasteiger partial charge is 0.458 e. The first-order valence-electron chi connectivity index (χ1n) is 20.8. The maximum atomic E-state index is 6.86. The van der Waals surface area contributed by atoms with Crippen molar-refractivity contribution in [3.8, 4) is 91.3 Å². The van der Waals surface area contributed by atoms with Crippen LogP contribution in [0.5, 0.6) is 23.0 Å². The summed E-state index contributed by atoms with van der Waals surface area (Å²) in [5, 5.41) is 4.34. The zero-order valence-electron chi connectivity index (χ0n) is 33.6. The molecule has 2 aromatic heterocycles. The molecular formula is C54H34N6O2Si. The fraction of sp³-hybridized carbons (Fsp3) is 0. The zero-order valence-corrected chi connectivity index (χ0v) is 34.6. The summed E-state index contributed by atoms with van der Waals surface area (Å²) < 4.78 is 13.7. The van der Waals surface area contributed by atoms with Gasteiger partial charge in [-0.15, -0.1) is 0 Å². The molecule has 0 aliphatic carbocycles. The molecule has 0 saturated carbocycles. The Morgan fingerprint density at radius 2 is 0.508 bits per heavy atom. The quantitative estimate of drug-likeness (QED) is 0.153. The van der Waals surface area contributed by atoms with Gasteiger partial charge in [0.05, 0.1) is 0 Å². The Balaban J connectivity index is 1.11. The number of aromatic nitrogens is 6. The smallest absolute Gasteiger partial charge is 0.196 e. The highest BCUT2D eigenvalue weighted by Crippen LogP contribution is 2.38. The fourth-order valence-corrected chi connectivity index (χ4v) is 14.0. The van der Waals surface area contributed by atoms with Gasteiger partial charge in [0.2, 0.25) is 0 Å². The van der Waals surface area contributed by atoms with Gasteiger partial charge in [0, 0.05) is 33.4 Å². The summed E-state index contributed by atoms with van der Waals surface area (Å²) in [6, 6.07) is 69.7. The Hall–Kier alpha value is -8.40. The topological polar surface area (TPSA) is 95.8 Å². The predicted molar refractivity (Wildman–Crippen MR) is 250 cm³/mol. The number of hydrogen-bond acceptors (Lipinski definition) is 8. The Bertz CT molecular complexity index is 3010. The van der Waals surface area contributed by atoms with E-state index in [0.717, 1.165) is 77.1 Å². The highest BCUT2D eigenvalue weighted by molar-refractivity contribution is 7.21. The monoisotopic (exact) mass is 826 g/mol. The van der Waals surface area contributed by atoms with Crippen LogP contribution in [0.3, 0.4) is 0 Å². The third kappa shape index (κ3) is 6.21. The molecule has 9 heteroatoms. The number of hydrogen-bond donors (Lipinski definition) is 0. The highest BCUT2D eigenvalue weighted by atomic mass is 28.3. The van der Waals surface area contributed by atoms with Crippen LogP contribution in [0.1, 0.15) is 0 Å². The van der Waals surface area contributed by atoms with Crippen molar-refractivity contribution in [3.63, 3.8) is 0 Å². The first-order valence-corrected chi connectivity index (χ1v) is 22.8. The van der Waals surface area contributed by atoms with E-state index in [9.17, 15) is 0 Å². The van der Waals surface area contributed by atoms with E-state index in [1.807, 2.05) is 133 Å². The summed E-state index contributed by atoms with van der Waals surface area (Å²) in [4.78, 5) is 30.5. The molecule has 10 aromatic rings. The van der Waals surface area contributed by atoms with Crippen molar-refractivity contribution >= 4 is 28.8 Å². The van der Waals surface area contributed by atoms with E-state index in [1.165, 1.54) is 0 Å². The summed E-state index contributed by atoms with van der Waals surface area (Å²) >= 11 is 0. The standard InChI is InChI=1S/C54H34N6O2Si/c1-5-17-35(18-6-1)49-55-50(36-19-7-2-8-20-36)58-53(57-49)39-29-31-43-47(33-39)63(45-27-15-13-25-41(45)61-43)46-28-16-14-26-42(46)62-44-32-30-40(34-48(44)63)54-59-51(37-21-9-3-10-22-37)56-52(60-54)38-23-11-4-12-24-38/h1-34H. The average Bonchev–Trinajstić information content (AvgIpc) is 3.37. The Kier molecular flexibility index (Phi) is 8.65. The first-order chi connectivity index (χ1) is 31.2. The van der Waals surface area contributed by atoms with E-state index in [-0.39, 0.29) is 0 Å². The minimum atomic E-state index is -3.28. The summed E-state index contributed by atoms with van der Waals surface area (Å²) in [7, 11) is -3.28. The maximum absolute atomic E-state index is 6.86. The lowest BCUT2D eigenvalue weighted by molar-refractivity contribution is 0.482. The molecule has 0 fully saturated rings. The molecule has 4 heterocycles. The first kappa shape index (κ1) is 36.4. The molecule has 1 spiro atoms. The average molecular weight is 827 g/mol. The van der Waals surface area contributed by atoms with Gasteiger partial charge in [-0.05, 0) is 69.3 Å². The van der Waals surface area contributed by atoms with Crippen molar-refractivity contribution in [2.75, 3.05) is 0 Å². The Labute approximate surface area is 364 Å². The number of fused-ring (bicyclic) bond motifs is 8. The molecule has 0 amide bonds. The van der Waals surface area contributed by atoms with Gasteiger partial charge in [0.15, 0.2) is 43.0 Å². The van der Waals surface area contributed by atoms with Gasteiger partial charge in [-0.1, -0.05) is 158 Å². The van der Waals surface area contributed by atoms with Gasteiger partial charge in [0.25, 0.3) is 0 Å². The molecule has 0 atom stereocenters. The van der Waals surface area contributed by atoms with Crippen molar-refractivity contribution < 1.29 is 9.47 Å². The number of para-hydroxylation sites is 2. The van der Waals surface area contributed by atoms with E-state index in [1.54, 1.807) is 0 Å². The van der Waals surface area contributed by atoms with E-state index < -0.39 is 8.07 Å². The van der Waals surface area contributed by atoms with Crippen LogP contribution in [0.25, 0.3) is 68.3 Å². The SMILES string of the molecule is c1ccc(-c2nc(-c3ccccc3)nc(-c3ccc4c(c3)[Si]3(c5ccccc5O4)c4ccccc4Oc4ccc(-c5nc(-c6ccccc6)nc(-c6ccccc6)n5)cc43)n2)cc1. The van der Waals surface area contributed by atoms with Crippen LogP contribution in [0.2, 0.25) is 0 Å². The molecule has 8 aromatic carbocycles. The highest BCUT2D eigenvalue weighted by Gasteiger charge is 2.53. The lowest BCUT2D eigenvalue weighted by atomic mass is 10.1. The number of nitrogens with zero attached hydrogens (tertiary/aromatic N) is 6. The summed E-state index contributed by atoms with van der Waals surface area (Å²) in [6.45, 7) is 0. The van der Waals surface area contributed by atoms with Crippen LogP contribution in [-0.4, -0.2) is 38.0 Å². The zero-order chi connectivity index (χ0) is 41.7. The molecular weight excluding hydrogens is 793 g/mol. The van der Waals surface area contributed by atoms with Crippen LogP contribution < -0.4 is 30.2 Å². The molecule has 63 heavy (non-hydrogen) atoms. The van der Waals surface area contributed by atoms with Gasteiger partial charge in [-0.3, -0.25) is 0 Å². The van der Waals surface area contributed by atoms with Crippen LogP contribution in [-0.2, 0) is 0 Å². The van der Waals surface area contributed by atoms with Crippen LogP contribution in [0, 0.1) is 0 Å². The number of benzene rings is 8. The van der Waals surface area contributed by atoms with Gasteiger partial charge in [-0.25, -0.2) is 29.9 Å².